The van der Waals surface area contributed by atoms with E-state index in [0.29, 0.717) is 6.42 Å². The van der Waals surface area contributed by atoms with Crippen LogP contribution in [0.25, 0.3) is 0 Å². The first-order valence-corrected chi connectivity index (χ1v) is 6.70. The summed E-state index contributed by atoms with van der Waals surface area (Å²) in [6.07, 6.45) is 7.42. The Balaban J connectivity index is 2.07. The molecule has 0 spiro atoms. The van der Waals surface area contributed by atoms with E-state index < -0.39 is 0 Å². The Kier molecular flexibility index (Phi) is 3.57. The van der Waals surface area contributed by atoms with E-state index in [9.17, 15) is 4.79 Å². The van der Waals surface area contributed by atoms with Crippen LogP contribution in [0.4, 0.5) is 0 Å². The fourth-order valence-corrected chi connectivity index (χ4v) is 2.88. The predicted octanol–water partition coefficient (Wildman–Crippen LogP) is 2.59. The Labute approximate surface area is 104 Å². The summed E-state index contributed by atoms with van der Waals surface area (Å²) in [5.41, 5.74) is 1.30. The molecular formula is C14H24N2O. The average Bonchev–Trinajstić information content (AvgIpc) is 2.26. The van der Waals surface area contributed by atoms with Gasteiger partial charge in [-0.3, -0.25) is 4.79 Å². The molecule has 1 aliphatic carbocycles. The van der Waals surface area contributed by atoms with Gasteiger partial charge in [0, 0.05) is 38.3 Å². The lowest BCUT2D eigenvalue weighted by atomic mass is 9.79. The van der Waals surface area contributed by atoms with Crippen molar-refractivity contribution in [3.63, 3.8) is 0 Å². The van der Waals surface area contributed by atoms with Crippen LogP contribution in [0.15, 0.2) is 11.8 Å². The van der Waals surface area contributed by atoms with Crippen LogP contribution in [0.5, 0.6) is 0 Å². The summed E-state index contributed by atoms with van der Waals surface area (Å²) in [6.45, 7) is 6.62. The predicted molar refractivity (Wildman–Crippen MR) is 69.3 cm³/mol. The molecule has 0 saturated carbocycles. The van der Waals surface area contributed by atoms with Crippen molar-refractivity contribution in [2.75, 3.05) is 20.1 Å². The lowest BCUT2D eigenvalue weighted by molar-refractivity contribution is -0.117. The lowest BCUT2D eigenvalue weighted by Crippen LogP contribution is -2.44. The van der Waals surface area contributed by atoms with Gasteiger partial charge in [-0.05, 0) is 24.7 Å². The highest BCUT2D eigenvalue weighted by Crippen LogP contribution is 2.35. The Hall–Kier alpha value is -0.830. The zero-order chi connectivity index (χ0) is 12.5. The highest BCUT2D eigenvalue weighted by atomic mass is 16.1. The van der Waals surface area contributed by atoms with Gasteiger partial charge in [0.15, 0.2) is 5.78 Å². The maximum atomic E-state index is 11.8. The third-order valence-electron chi connectivity index (χ3n) is 3.81. The lowest BCUT2D eigenvalue weighted by Gasteiger charge is -2.41. The highest BCUT2D eigenvalue weighted by Gasteiger charge is 2.30. The number of nitrogens with zero attached hydrogens (tertiary/aromatic N) is 2. The molecule has 0 aromatic heterocycles. The van der Waals surface area contributed by atoms with E-state index >= 15 is 0 Å². The summed E-state index contributed by atoms with van der Waals surface area (Å²) in [5.74, 6) is 0.278. The van der Waals surface area contributed by atoms with Gasteiger partial charge in [0.05, 0.1) is 0 Å². The smallest absolute Gasteiger partial charge is 0.158 e. The third-order valence-corrected chi connectivity index (χ3v) is 3.81. The Morgan fingerprint density at radius 1 is 1.18 bits per heavy atom. The second-order valence-electron chi connectivity index (χ2n) is 6.16. The van der Waals surface area contributed by atoms with Crippen molar-refractivity contribution in [1.29, 1.82) is 0 Å². The number of carbonyl (C=O) groups excluding carboxylic acids is 1. The van der Waals surface area contributed by atoms with Crippen LogP contribution < -0.4 is 0 Å². The molecular weight excluding hydrogens is 212 g/mol. The summed E-state index contributed by atoms with van der Waals surface area (Å²) < 4.78 is 0. The zero-order valence-electron chi connectivity index (χ0n) is 11.3. The second-order valence-corrected chi connectivity index (χ2v) is 6.16. The van der Waals surface area contributed by atoms with Crippen molar-refractivity contribution in [1.82, 2.24) is 10.0 Å². The molecule has 0 aromatic rings. The topological polar surface area (TPSA) is 23.6 Å². The van der Waals surface area contributed by atoms with Crippen LogP contribution in [0.1, 0.15) is 46.0 Å². The van der Waals surface area contributed by atoms with E-state index in [2.05, 4.69) is 30.9 Å². The zero-order valence-corrected chi connectivity index (χ0v) is 11.3. The number of hydrazine groups is 1. The Bertz CT molecular complexity index is 327. The maximum absolute atomic E-state index is 11.8. The second kappa shape index (κ2) is 4.81. The quantitative estimate of drug-likeness (QED) is 0.736. The number of carbonyl (C=O) groups is 1. The average molecular weight is 236 g/mol. The molecule has 0 amide bonds. The summed E-state index contributed by atoms with van der Waals surface area (Å²) in [6, 6.07) is 0. The highest BCUT2D eigenvalue weighted by molar-refractivity contribution is 5.91. The van der Waals surface area contributed by atoms with Crippen molar-refractivity contribution >= 4 is 5.78 Å². The van der Waals surface area contributed by atoms with E-state index in [1.54, 1.807) is 0 Å². The minimum Gasteiger partial charge on any atom is -0.313 e. The third kappa shape index (κ3) is 3.09. The van der Waals surface area contributed by atoms with Gasteiger partial charge in [-0.15, -0.1) is 0 Å². The molecule has 0 aromatic carbocycles. The number of hydrogen-bond acceptors (Lipinski definition) is 3. The fourth-order valence-electron chi connectivity index (χ4n) is 2.88. The Morgan fingerprint density at radius 2 is 1.82 bits per heavy atom. The molecule has 0 radical (unpaired) electrons. The van der Waals surface area contributed by atoms with Crippen LogP contribution in [-0.4, -0.2) is 35.9 Å². The standard InChI is InChI=1S/C14H24N2O/c1-14(2)10-12(9-13(17)11-14)15(3)16-7-5-4-6-8-16/h9H,4-8,10-11H2,1-3H3. The van der Waals surface area contributed by atoms with Crippen LogP contribution in [0.3, 0.4) is 0 Å². The number of hydrogen-bond donors (Lipinski definition) is 0. The number of piperidine rings is 1. The molecule has 0 bridgehead atoms. The molecule has 1 fully saturated rings. The van der Waals surface area contributed by atoms with Crippen molar-refractivity contribution in [2.24, 2.45) is 5.41 Å². The fraction of sp³-hybridized carbons (Fsp3) is 0.786. The van der Waals surface area contributed by atoms with E-state index in [4.69, 9.17) is 0 Å². The van der Waals surface area contributed by atoms with Crippen LogP contribution in [0, 0.1) is 5.41 Å². The minimum atomic E-state index is 0.116. The first-order valence-electron chi connectivity index (χ1n) is 6.70. The molecule has 3 nitrogen and oxygen atoms in total. The van der Waals surface area contributed by atoms with E-state index in [1.807, 2.05) is 6.08 Å². The van der Waals surface area contributed by atoms with Crippen molar-refractivity contribution < 1.29 is 4.79 Å². The molecule has 96 valence electrons. The molecule has 2 aliphatic rings. The number of rotatable bonds is 2. The van der Waals surface area contributed by atoms with Crippen LogP contribution in [0.2, 0.25) is 0 Å². The van der Waals surface area contributed by atoms with Crippen LogP contribution >= 0.6 is 0 Å². The van der Waals surface area contributed by atoms with Gasteiger partial charge in [-0.2, -0.15) is 0 Å². The van der Waals surface area contributed by atoms with Gasteiger partial charge in [0.2, 0.25) is 0 Å². The van der Waals surface area contributed by atoms with Gasteiger partial charge in [-0.25, -0.2) is 5.01 Å². The molecule has 1 aliphatic heterocycles. The Morgan fingerprint density at radius 3 is 2.41 bits per heavy atom. The largest absolute Gasteiger partial charge is 0.313 e. The summed E-state index contributed by atoms with van der Waals surface area (Å²) in [7, 11) is 2.10. The van der Waals surface area contributed by atoms with E-state index in [1.165, 1.54) is 25.0 Å². The molecule has 17 heavy (non-hydrogen) atoms. The van der Waals surface area contributed by atoms with Crippen molar-refractivity contribution in [3.8, 4) is 0 Å². The number of ketones is 1. The first kappa shape index (κ1) is 12.6. The van der Waals surface area contributed by atoms with E-state index in [0.717, 1.165) is 19.5 Å². The summed E-state index contributed by atoms with van der Waals surface area (Å²) in [4.78, 5) is 11.8. The maximum Gasteiger partial charge on any atom is 0.158 e. The SMILES string of the molecule is CN(C1=CC(=O)CC(C)(C)C1)N1CCCCC1. The molecule has 0 N–H and O–H groups in total. The summed E-state index contributed by atoms with van der Waals surface area (Å²) >= 11 is 0. The van der Waals surface area contributed by atoms with Gasteiger partial charge in [-0.1, -0.05) is 20.3 Å². The number of allylic oxidation sites excluding steroid dienone is 2. The van der Waals surface area contributed by atoms with Gasteiger partial charge in [0.1, 0.15) is 0 Å². The molecule has 1 saturated heterocycles. The van der Waals surface area contributed by atoms with Gasteiger partial charge in [0.25, 0.3) is 0 Å². The van der Waals surface area contributed by atoms with E-state index in [-0.39, 0.29) is 11.2 Å². The van der Waals surface area contributed by atoms with Crippen molar-refractivity contribution in [3.05, 3.63) is 11.8 Å². The first-order chi connectivity index (χ1) is 7.98. The molecule has 3 heteroatoms. The van der Waals surface area contributed by atoms with Crippen LogP contribution in [-0.2, 0) is 4.79 Å². The minimum absolute atomic E-state index is 0.116. The molecule has 0 atom stereocenters. The summed E-state index contributed by atoms with van der Waals surface area (Å²) in [5, 5.41) is 4.60. The molecule has 1 heterocycles. The van der Waals surface area contributed by atoms with Gasteiger partial charge >= 0.3 is 0 Å². The molecule has 2 rings (SSSR count). The van der Waals surface area contributed by atoms with Crippen molar-refractivity contribution in [2.45, 2.75) is 46.0 Å². The van der Waals surface area contributed by atoms with Gasteiger partial charge < -0.3 is 5.01 Å². The monoisotopic (exact) mass is 236 g/mol. The normalized spacial score (nSPS) is 25.6. The molecule has 0 unspecified atom stereocenters.